The zero-order chi connectivity index (χ0) is 45.4. The van der Waals surface area contributed by atoms with Gasteiger partial charge in [-0.05, 0) is 94.6 Å². The zero-order valence-electron chi connectivity index (χ0n) is 36.0. The summed E-state index contributed by atoms with van der Waals surface area (Å²) in [6, 6.07) is -8.43. The van der Waals surface area contributed by atoms with Crippen LogP contribution in [-0.2, 0) is 33.6 Å². The van der Waals surface area contributed by atoms with Crippen LogP contribution in [0.5, 0.6) is 0 Å². The number of nitrogens with one attached hydrogen (secondary N) is 6. The summed E-state index contributed by atoms with van der Waals surface area (Å²) in [5.74, 6) is -5.90. The highest BCUT2D eigenvalue weighted by atomic mass is 32.2. The Labute approximate surface area is 353 Å². The number of carbonyl (C=O) groups is 7. The molecule has 20 nitrogen and oxygen atoms in total. The van der Waals surface area contributed by atoms with Gasteiger partial charge in [-0.1, -0.05) is 41.5 Å². The smallest absolute Gasteiger partial charge is 0.326 e. The van der Waals surface area contributed by atoms with Gasteiger partial charge in [0.1, 0.15) is 36.3 Å². The summed E-state index contributed by atoms with van der Waals surface area (Å²) in [5, 5.41) is 35.9. The van der Waals surface area contributed by atoms with Gasteiger partial charge in [-0.15, -0.1) is 0 Å². The van der Waals surface area contributed by atoms with E-state index in [1.807, 2.05) is 20.1 Å². The van der Waals surface area contributed by atoms with Crippen LogP contribution in [0, 0.1) is 17.8 Å². The number of nitrogens with two attached hydrogens (primary N) is 4. The van der Waals surface area contributed by atoms with Crippen molar-refractivity contribution in [3.05, 3.63) is 0 Å². The molecular formula is C38H73N11O9S. The molecular weight excluding hydrogens is 787 g/mol. The highest BCUT2D eigenvalue weighted by Crippen LogP contribution is 2.12. The summed E-state index contributed by atoms with van der Waals surface area (Å²) >= 11 is 1.42. The van der Waals surface area contributed by atoms with Gasteiger partial charge in [0.25, 0.3) is 0 Å². The molecule has 0 aromatic carbocycles. The van der Waals surface area contributed by atoms with Crippen molar-refractivity contribution in [3.63, 3.8) is 0 Å². The van der Waals surface area contributed by atoms with Crippen molar-refractivity contribution in [2.75, 3.05) is 25.1 Å². The number of nitrogens with zero attached hydrogens (tertiary/aromatic N) is 1. The molecule has 0 rings (SSSR count). The molecule has 0 heterocycles. The average molecular weight is 860 g/mol. The van der Waals surface area contributed by atoms with Crippen molar-refractivity contribution in [2.24, 2.45) is 45.7 Å². The van der Waals surface area contributed by atoms with Gasteiger partial charge < -0.3 is 65.0 Å². The number of aliphatic hydroxyl groups excluding tert-OH is 1. The SMILES string of the molecule is CSCC[C@H](NC(=O)[C@H](CC(C)C)NC(=O)[C@@H](NC(=O)[C@H](CCCN=C(N)N)NC(=O)[C@H](CCCCN)NC(=O)[C@@H](N)CC(C)C)[C@@H](C)O)C(=O)N[C@H](C(=O)O)C(C)C. The molecule has 0 saturated carbocycles. The lowest BCUT2D eigenvalue weighted by atomic mass is 10.0. The number of unbranched alkanes of at least 4 members (excludes halogenated alkanes) is 1. The van der Waals surface area contributed by atoms with Crippen LogP contribution in [-0.4, -0.2) is 131 Å². The fraction of sp³-hybridized carbons (Fsp3) is 0.789. The Morgan fingerprint density at radius 2 is 1.07 bits per heavy atom. The molecule has 0 bridgehead atoms. The number of hydrogen-bond acceptors (Lipinski definition) is 12. The van der Waals surface area contributed by atoms with Gasteiger partial charge >= 0.3 is 5.97 Å². The number of thioether (sulfide) groups is 1. The number of aliphatic hydroxyl groups is 1. The first kappa shape index (κ1) is 54.8. The molecule has 340 valence electrons. The second kappa shape index (κ2) is 29.1. The Morgan fingerprint density at radius 1 is 0.610 bits per heavy atom. The summed E-state index contributed by atoms with van der Waals surface area (Å²) in [6.07, 6.45) is 2.38. The van der Waals surface area contributed by atoms with Crippen LogP contribution in [0.15, 0.2) is 4.99 Å². The van der Waals surface area contributed by atoms with Crippen LogP contribution >= 0.6 is 11.8 Å². The van der Waals surface area contributed by atoms with Crippen molar-refractivity contribution in [3.8, 4) is 0 Å². The van der Waals surface area contributed by atoms with Crippen LogP contribution in [0.3, 0.4) is 0 Å². The summed E-state index contributed by atoms with van der Waals surface area (Å²) in [7, 11) is 0. The van der Waals surface area contributed by atoms with Crippen molar-refractivity contribution >= 4 is 59.1 Å². The van der Waals surface area contributed by atoms with Crippen LogP contribution in [0.4, 0.5) is 0 Å². The monoisotopic (exact) mass is 860 g/mol. The molecule has 21 heteroatoms. The molecule has 0 aliphatic carbocycles. The number of aliphatic carboxylic acids is 1. The van der Waals surface area contributed by atoms with Gasteiger partial charge in [-0.3, -0.25) is 33.8 Å². The molecule has 0 aromatic heterocycles. The third-order valence-electron chi connectivity index (χ3n) is 9.10. The number of aliphatic imine (C=N–C) groups is 1. The Bertz CT molecular complexity index is 1380. The number of carboxylic acid groups (broad SMARTS) is 1. The minimum absolute atomic E-state index is 0.0176. The van der Waals surface area contributed by atoms with Crippen LogP contribution in [0.2, 0.25) is 0 Å². The average Bonchev–Trinajstić information content (AvgIpc) is 3.13. The molecule has 0 spiro atoms. The molecule has 0 aliphatic heterocycles. The van der Waals surface area contributed by atoms with Crippen LogP contribution < -0.4 is 54.8 Å². The molecule has 0 radical (unpaired) electrons. The summed E-state index contributed by atoms with van der Waals surface area (Å²) in [6.45, 7) is 12.4. The highest BCUT2D eigenvalue weighted by molar-refractivity contribution is 7.98. The zero-order valence-corrected chi connectivity index (χ0v) is 36.9. The normalized spacial score (nSPS) is 15.4. The maximum absolute atomic E-state index is 13.9. The second-order valence-corrected chi connectivity index (χ2v) is 16.9. The lowest BCUT2D eigenvalue weighted by molar-refractivity contribution is -0.143. The van der Waals surface area contributed by atoms with E-state index in [0.717, 1.165) is 0 Å². The van der Waals surface area contributed by atoms with Gasteiger partial charge in [-0.25, -0.2) is 4.79 Å². The quantitative estimate of drug-likeness (QED) is 0.0219. The molecule has 6 amide bonds. The summed E-state index contributed by atoms with van der Waals surface area (Å²) < 4.78 is 0. The van der Waals surface area contributed by atoms with E-state index in [9.17, 15) is 43.8 Å². The molecule has 0 aromatic rings. The predicted molar refractivity (Wildman–Crippen MR) is 228 cm³/mol. The first-order valence-corrected chi connectivity index (χ1v) is 21.7. The van der Waals surface area contributed by atoms with Crippen molar-refractivity contribution in [1.29, 1.82) is 0 Å². The molecule has 0 fully saturated rings. The first-order chi connectivity index (χ1) is 27.5. The van der Waals surface area contributed by atoms with Gasteiger partial charge in [-0.2, -0.15) is 11.8 Å². The van der Waals surface area contributed by atoms with Gasteiger partial charge in [0.2, 0.25) is 35.4 Å². The largest absolute Gasteiger partial charge is 0.480 e. The van der Waals surface area contributed by atoms with Gasteiger partial charge in [0, 0.05) is 6.54 Å². The third kappa shape index (κ3) is 22.7. The fourth-order valence-corrected chi connectivity index (χ4v) is 6.34. The van der Waals surface area contributed by atoms with E-state index < -0.39 is 95.7 Å². The van der Waals surface area contributed by atoms with Gasteiger partial charge in [0.05, 0.1) is 12.1 Å². The van der Waals surface area contributed by atoms with E-state index in [4.69, 9.17) is 22.9 Å². The number of guanidine groups is 1. The Morgan fingerprint density at radius 3 is 1.53 bits per heavy atom. The summed E-state index contributed by atoms with van der Waals surface area (Å²) in [5.41, 5.74) is 22.6. The Balaban J connectivity index is 6.42. The number of rotatable bonds is 30. The number of carbonyl (C=O) groups excluding carboxylic acids is 6. The maximum Gasteiger partial charge on any atom is 0.326 e. The Kier molecular flexibility index (Phi) is 27.0. The first-order valence-electron chi connectivity index (χ1n) is 20.3. The topological polar surface area (TPSA) is 349 Å². The van der Waals surface area contributed by atoms with Crippen LogP contribution in [0.1, 0.15) is 99.8 Å². The van der Waals surface area contributed by atoms with Gasteiger partial charge in [0.15, 0.2) is 5.96 Å². The predicted octanol–water partition coefficient (Wildman–Crippen LogP) is -1.63. The van der Waals surface area contributed by atoms with Crippen LogP contribution in [0.25, 0.3) is 0 Å². The molecule has 0 aliphatic rings. The molecule has 0 unspecified atom stereocenters. The maximum atomic E-state index is 13.9. The van der Waals surface area contributed by atoms with E-state index in [1.165, 1.54) is 18.7 Å². The number of hydrogen-bond donors (Lipinski definition) is 12. The minimum atomic E-state index is -1.62. The van der Waals surface area contributed by atoms with E-state index >= 15 is 0 Å². The highest BCUT2D eigenvalue weighted by Gasteiger charge is 2.35. The lowest BCUT2D eigenvalue weighted by Gasteiger charge is -2.29. The lowest BCUT2D eigenvalue weighted by Crippen LogP contribution is -2.62. The fourth-order valence-electron chi connectivity index (χ4n) is 5.87. The number of carboxylic acids is 1. The molecule has 0 saturated heterocycles. The molecule has 16 N–H and O–H groups in total. The summed E-state index contributed by atoms with van der Waals surface area (Å²) in [4.78, 5) is 96.9. The molecule has 8 atom stereocenters. The van der Waals surface area contributed by atoms with E-state index in [2.05, 4.69) is 36.9 Å². The van der Waals surface area contributed by atoms with E-state index in [-0.39, 0.29) is 56.4 Å². The molecule has 59 heavy (non-hydrogen) atoms. The van der Waals surface area contributed by atoms with Crippen molar-refractivity contribution < 1.29 is 43.8 Å². The third-order valence-corrected chi connectivity index (χ3v) is 9.74. The standard InChI is InChI=1S/C38H73N11O9S/c1-20(2)18-24(40)31(51)44-25(12-9-10-15-39)32(52)45-26(13-11-16-43-38(41)42)33(53)49-30(23(7)50)36(56)47-28(19-21(3)4)35(55)46-27(14-17-59-8)34(54)48-29(22(5)6)37(57)58/h20-30,50H,9-19,39-40H2,1-8H3,(H,44,51)(H,45,52)(H,46,55)(H,47,56)(H,48,54)(H,49,53)(H,57,58)(H4,41,42,43)/t23-,24+,25+,26+,27+,28+,29+,30+/m1/s1. The minimum Gasteiger partial charge on any atom is -0.480 e. The number of amides is 6. The Hall–Kier alpha value is -4.21. The second-order valence-electron chi connectivity index (χ2n) is 15.9. The van der Waals surface area contributed by atoms with Crippen molar-refractivity contribution in [1.82, 2.24) is 31.9 Å². The van der Waals surface area contributed by atoms with Crippen molar-refractivity contribution in [2.45, 2.75) is 148 Å². The van der Waals surface area contributed by atoms with E-state index in [0.29, 0.717) is 31.6 Å². The van der Waals surface area contributed by atoms with E-state index in [1.54, 1.807) is 27.7 Å².